The van der Waals surface area contributed by atoms with Crippen LogP contribution < -0.4 is 14.4 Å². The molecule has 29 heavy (non-hydrogen) atoms. The van der Waals surface area contributed by atoms with Crippen molar-refractivity contribution in [2.75, 3.05) is 31.2 Å². The maximum absolute atomic E-state index is 13.1. The van der Waals surface area contributed by atoms with Gasteiger partial charge >= 0.3 is 0 Å². The number of fused-ring (bicyclic) bond motifs is 1. The lowest BCUT2D eigenvalue weighted by Gasteiger charge is -2.24. The van der Waals surface area contributed by atoms with E-state index in [4.69, 9.17) is 21.1 Å². The summed E-state index contributed by atoms with van der Waals surface area (Å²) in [5.74, 6) is 0.775. The molecular weight excluding hydrogens is 412 g/mol. The molecule has 0 N–H and O–H groups in total. The minimum atomic E-state index is -0.397. The molecule has 2 amide bonds. The second kappa shape index (κ2) is 8.47. The van der Waals surface area contributed by atoms with Crippen LogP contribution >= 0.6 is 22.9 Å². The van der Waals surface area contributed by atoms with Gasteiger partial charge in [0.05, 0.1) is 16.8 Å². The lowest BCUT2D eigenvalue weighted by molar-refractivity contribution is -0.135. The monoisotopic (exact) mass is 432 g/mol. The molecule has 8 heteroatoms. The van der Waals surface area contributed by atoms with Gasteiger partial charge in [-0.2, -0.15) is 0 Å². The molecule has 2 aliphatic rings. The van der Waals surface area contributed by atoms with Crippen LogP contribution in [-0.4, -0.2) is 43.0 Å². The smallest absolute Gasteiger partial charge is 0.228 e. The summed E-state index contributed by atoms with van der Waals surface area (Å²) in [6, 6.07) is 9.16. The first kappa shape index (κ1) is 19.8. The summed E-state index contributed by atoms with van der Waals surface area (Å²) >= 11 is 7.46. The van der Waals surface area contributed by atoms with E-state index in [1.54, 1.807) is 28.0 Å². The van der Waals surface area contributed by atoms with Crippen molar-refractivity contribution in [2.24, 2.45) is 5.92 Å². The first-order valence-electron chi connectivity index (χ1n) is 9.39. The molecule has 0 spiro atoms. The van der Waals surface area contributed by atoms with Crippen LogP contribution in [0.4, 0.5) is 5.69 Å². The Balaban J connectivity index is 1.48. The highest BCUT2D eigenvalue weighted by molar-refractivity contribution is 7.16. The fourth-order valence-corrected chi connectivity index (χ4v) is 4.70. The molecule has 0 bridgehead atoms. The largest absolute Gasteiger partial charge is 0.486 e. The standard InChI is InChI=1S/C21H21ClN2O4S/c1-2-7-23(13-16-4-6-19(22)29-16)21(26)14-10-20(25)24(12-14)15-3-5-17-18(11-15)28-9-8-27-17/h2-6,11,14H,1,7-10,12-13H2. The molecule has 0 saturated carbocycles. The van der Waals surface area contributed by atoms with Gasteiger partial charge in [0, 0.05) is 36.1 Å². The third kappa shape index (κ3) is 4.26. The van der Waals surface area contributed by atoms with Crippen LogP contribution in [-0.2, 0) is 16.1 Å². The maximum atomic E-state index is 13.1. The highest BCUT2D eigenvalue weighted by Crippen LogP contribution is 2.36. The van der Waals surface area contributed by atoms with Crippen LogP contribution in [0.3, 0.4) is 0 Å². The van der Waals surface area contributed by atoms with Gasteiger partial charge < -0.3 is 19.3 Å². The van der Waals surface area contributed by atoms with Gasteiger partial charge in [0.1, 0.15) is 13.2 Å². The Morgan fingerprint density at radius 2 is 2.07 bits per heavy atom. The average Bonchev–Trinajstić information content (AvgIpc) is 3.32. The Kier molecular flexibility index (Phi) is 5.78. The van der Waals surface area contributed by atoms with E-state index in [1.165, 1.54) is 11.3 Å². The van der Waals surface area contributed by atoms with Gasteiger partial charge in [-0.15, -0.1) is 17.9 Å². The van der Waals surface area contributed by atoms with E-state index in [-0.39, 0.29) is 18.2 Å². The Morgan fingerprint density at radius 3 is 2.79 bits per heavy atom. The summed E-state index contributed by atoms with van der Waals surface area (Å²) in [5, 5.41) is 0. The molecular formula is C21H21ClN2O4S. The van der Waals surface area contributed by atoms with Crippen molar-refractivity contribution >= 4 is 40.4 Å². The number of halogens is 1. The van der Waals surface area contributed by atoms with Crippen molar-refractivity contribution in [3.05, 3.63) is 52.2 Å². The topological polar surface area (TPSA) is 59.1 Å². The molecule has 0 aliphatic carbocycles. The van der Waals surface area contributed by atoms with E-state index in [2.05, 4.69) is 6.58 Å². The Hall–Kier alpha value is -2.51. The van der Waals surface area contributed by atoms with Gasteiger partial charge in [-0.05, 0) is 24.3 Å². The molecule has 2 aromatic rings. The van der Waals surface area contributed by atoms with Gasteiger partial charge in [-0.25, -0.2) is 0 Å². The first-order chi connectivity index (χ1) is 14.0. The fourth-order valence-electron chi connectivity index (χ4n) is 3.59. The van der Waals surface area contributed by atoms with E-state index in [9.17, 15) is 9.59 Å². The van der Waals surface area contributed by atoms with Crippen molar-refractivity contribution < 1.29 is 19.1 Å². The predicted octanol–water partition coefficient (Wildman–Crippen LogP) is 3.74. The highest BCUT2D eigenvalue weighted by atomic mass is 35.5. The average molecular weight is 433 g/mol. The molecule has 2 aliphatic heterocycles. The van der Waals surface area contributed by atoms with Crippen molar-refractivity contribution in [3.63, 3.8) is 0 Å². The number of ether oxygens (including phenoxy) is 2. The minimum Gasteiger partial charge on any atom is -0.486 e. The molecule has 152 valence electrons. The fraction of sp³-hybridized carbons (Fsp3) is 0.333. The van der Waals surface area contributed by atoms with Crippen LogP contribution in [0.2, 0.25) is 4.34 Å². The SMILES string of the molecule is C=CCN(Cc1ccc(Cl)s1)C(=O)C1CC(=O)N(c2ccc3c(c2)OCCO3)C1. The zero-order chi connectivity index (χ0) is 20.4. The predicted molar refractivity (Wildman–Crippen MR) is 113 cm³/mol. The number of nitrogens with zero attached hydrogens (tertiary/aromatic N) is 2. The van der Waals surface area contributed by atoms with E-state index >= 15 is 0 Å². The third-order valence-electron chi connectivity index (χ3n) is 4.95. The van der Waals surface area contributed by atoms with Gasteiger partial charge in [0.2, 0.25) is 11.8 Å². The van der Waals surface area contributed by atoms with E-state index in [0.717, 1.165) is 10.6 Å². The molecule has 1 atom stereocenters. The molecule has 3 heterocycles. The number of benzene rings is 1. The summed E-state index contributed by atoms with van der Waals surface area (Å²) in [6.45, 7) is 5.97. The van der Waals surface area contributed by atoms with Crippen molar-refractivity contribution in [3.8, 4) is 11.5 Å². The Labute approximate surface area is 178 Å². The summed E-state index contributed by atoms with van der Waals surface area (Å²) in [6.07, 6.45) is 1.88. The summed E-state index contributed by atoms with van der Waals surface area (Å²) in [7, 11) is 0. The van der Waals surface area contributed by atoms with Crippen LogP contribution in [0.15, 0.2) is 43.0 Å². The normalized spacial score (nSPS) is 18.0. The summed E-state index contributed by atoms with van der Waals surface area (Å²) in [5.41, 5.74) is 0.717. The lowest BCUT2D eigenvalue weighted by Crippen LogP contribution is -2.37. The number of carbonyl (C=O) groups excluding carboxylic acids is 2. The zero-order valence-electron chi connectivity index (χ0n) is 15.8. The quantitative estimate of drug-likeness (QED) is 0.652. The second-order valence-electron chi connectivity index (χ2n) is 6.95. The van der Waals surface area contributed by atoms with Crippen LogP contribution in [0, 0.1) is 5.92 Å². The maximum Gasteiger partial charge on any atom is 0.228 e. The molecule has 1 unspecified atom stereocenters. The number of hydrogen-bond donors (Lipinski definition) is 0. The molecule has 0 radical (unpaired) electrons. The van der Waals surface area contributed by atoms with Crippen LogP contribution in [0.25, 0.3) is 0 Å². The molecule has 1 fully saturated rings. The van der Waals surface area contributed by atoms with Gasteiger partial charge in [-0.3, -0.25) is 9.59 Å². The van der Waals surface area contributed by atoms with Gasteiger partial charge in [-0.1, -0.05) is 17.7 Å². The van der Waals surface area contributed by atoms with Crippen LogP contribution in [0.5, 0.6) is 11.5 Å². The summed E-state index contributed by atoms with van der Waals surface area (Å²) in [4.78, 5) is 30.1. The molecule has 1 aromatic heterocycles. The van der Waals surface area contributed by atoms with E-state index in [1.807, 2.05) is 18.2 Å². The number of amides is 2. The summed E-state index contributed by atoms with van der Waals surface area (Å²) < 4.78 is 11.8. The number of anilines is 1. The van der Waals surface area contributed by atoms with Gasteiger partial charge in [0.25, 0.3) is 0 Å². The Morgan fingerprint density at radius 1 is 1.28 bits per heavy atom. The van der Waals surface area contributed by atoms with Crippen LogP contribution in [0.1, 0.15) is 11.3 Å². The number of rotatable bonds is 6. The van der Waals surface area contributed by atoms with E-state index < -0.39 is 5.92 Å². The Bertz CT molecular complexity index is 945. The molecule has 4 rings (SSSR count). The second-order valence-corrected chi connectivity index (χ2v) is 8.75. The number of carbonyl (C=O) groups is 2. The molecule has 1 aromatic carbocycles. The molecule has 6 nitrogen and oxygen atoms in total. The lowest BCUT2D eigenvalue weighted by atomic mass is 10.1. The van der Waals surface area contributed by atoms with Gasteiger partial charge in [0.15, 0.2) is 11.5 Å². The number of hydrogen-bond acceptors (Lipinski definition) is 5. The van der Waals surface area contributed by atoms with Crippen molar-refractivity contribution in [2.45, 2.75) is 13.0 Å². The first-order valence-corrected chi connectivity index (χ1v) is 10.6. The highest BCUT2D eigenvalue weighted by Gasteiger charge is 2.37. The number of thiophene rings is 1. The van der Waals surface area contributed by atoms with E-state index in [0.29, 0.717) is 48.7 Å². The third-order valence-corrected chi connectivity index (χ3v) is 6.16. The zero-order valence-corrected chi connectivity index (χ0v) is 17.4. The van der Waals surface area contributed by atoms with Crippen molar-refractivity contribution in [1.82, 2.24) is 4.90 Å². The minimum absolute atomic E-state index is 0.0529. The van der Waals surface area contributed by atoms with Crippen molar-refractivity contribution in [1.29, 1.82) is 0 Å². The molecule has 1 saturated heterocycles.